The van der Waals surface area contributed by atoms with Gasteiger partial charge in [0.2, 0.25) is 0 Å². The molecule has 0 spiro atoms. The average molecular weight is 656 g/mol. The number of nitrogens with one attached hydrogen (secondary N) is 1. The Labute approximate surface area is 284 Å². The highest BCUT2D eigenvalue weighted by Gasteiger charge is 2.52. The molecule has 256 valence electrons. The van der Waals surface area contributed by atoms with E-state index in [2.05, 4.69) is 39.5 Å². The molecule has 0 saturated carbocycles. The Balaban J connectivity index is 0.00000221. The third kappa shape index (κ3) is 7.66. The highest BCUT2D eigenvalue weighted by atomic mass is 16.7. The van der Waals surface area contributed by atoms with E-state index in [1.165, 1.54) is 5.56 Å². The van der Waals surface area contributed by atoms with Crippen molar-refractivity contribution < 1.29 is 18.8 Å². The summed E-state index contributed by atoms with van der Waals surface area (Å²) in [6.45, 7) is 20.4. The summed E-state index contributed by atoms with van der Waals surface area (Å²) >= 11 is 0. The number of carbonyl (C=O) groups excluding carboxylic acids is 1. The maximum atomic E-state index is 12.2. The number of pyridine rings is 2. The van der Waals surface area contributed by atoms with E-state index in [1.807, 2.05) is 91.1 Å². The van der Waals surface area contributed by atoms with E-state index >= 15 is 0 Å². The van der Waals surface area contributed by atoms with Crippen LogP contribution >= 0.6 is 0 Å². The number of imidazole rings is 1. The molecule has 48 heavy (non-hydrogen) atoms. The lowest BCUT2D eigenvalue weighted by Gasteiger charge is -2.32. The first-order valence-corrected chi connectivity index (χ1v) is 17.0. The van der Waals surface area contributed by atoms with Gasteiger partial charge < -0.3 is 25.1 Å². The second kappa shape index (κ2) is 13.9. The van der Waals surface area contributed by atoms with Gasteiger partial charge in [-0.2, -0.15) is 0 Å². The summed E-state index contributed by atoms with van der Waals surface area (Å²) in [7, 11) is -0.601. The van der Waals surface area contributed by atoms with Crippen molar-refractivity contribution in [2.24, 2.45) is 0 Å². The number of nitrogens with zero attached hydrogens (tertiary/aromatic N) is 5. The molecule has 6 rings (SSSR count). The van der Waals surface area contributed by atoms with Crippen LogP contribution in [0.5, 0.6) is 0 Å². The molecule has 0 atom stereocenters. The summed E-state index contributed by atoms with van der Waals surface area (Å²) < 4.78 is 20.1. The molecule has 2 saturated heterocycles. The quantitative estimate of drug-likeness (QED) is 0.245. The molecule has 1 aromatic carbocycles. The molecule has 1 amide bonds. The number of rotatable bonds is 6. The number of nitrogens with two attached hydrogens (primary N) is 1. The molecule has 12 heteroatoms. The van der Waals surface area contributed by atoms with Crippen molar-refractivity contribution in [2.45, 2.75) is 105 Å². The Morgan fingerprint density at radius 3 is 2.25 bits per heavy atom. The highest BCUT2D eigenvalue weighted by molar-refractivity contribution is 6.61. The van der Waals surface area contributed by atoms with Crippen LogP contribution in [0.1, 0.15) is 80.7 Å². The third-order valence-corrected chi connectivity index (χ3v) is 9.01. The molecule has 2 aliphatic rings. The summed E-state index contributed by atoms with van der Waals surface area (Å²) in [6, 6.07) is 16.2. The van der Waals surface area contributed by atoms with Gasteiger partial charge in [-0.3, -0.25) is 9.47 Å². The van der Waals surface area contributed by atoms with E-state index in [4.69, 9.17) is 29.7 Å². The van der Waals surface area contributed by atoms with Crippen molar-refractivity contribution >= 4 is 35.8 Å². The molecule has 2 aliphatic heterocycles. The minimum Gasteiger partial charge on any atom is -0.444 e. The molecule has 0 aliphatic carbocycles. The summed E-state index contributed by atoms with van der Waals surface area (Å²) in [5.41, 5.74) is 9.79. The Kier molecular flexibility index (Phi) is 10.2. The number of nitrogen functional groups attached to an aromatic ring is 1. The lowest BCUT2D eigenvalue weighted by atomic mass is 9.84. The topological polar surface area (TPSA) is 130 Å². The minimum absolute atomic E-state index is 0.121. The molecular formula is C36H50BN7O4. The fraction of sp³-hybridized carbons (Fsp3) is 0.500. The van der Waals surface area contributed by atoms with Crippen molar-refractivity contribution in [3.63, 3.8) is 0 Å². The Bertz CT molecular complexity index is 1710. The van der Waals surface area contributed by atoms with Gasteiger partial charge in [0.25, 0.3) is 0 Å². The summed E-state index contributed by atoms with van der Waals surface area (Å²) in [4.78, 5) is 28.9. The minimum atomic E-state index is -0.601. The molecule has 4 aromatic rings. The Morgan fingerprint density at radius 2 is 1.65 bits per heavy atom. The lowest BCUT2D eigenvalue weighted by molar-refractivity contribution is 0.00578. The smallest absolute Gasteiger partial charge is 0.444 e. The maximum absolute atomic E-state index is 12.2. The first kappa shape index (κ1) is 35.3. The number of piperidine rings is 1. The van der Waals surface area contributed by atoms with Crippen LogP contribution in [0.25, 0.3) is 28.2 Å². The fourth-order valence-corrected chi connectivity index (χ4v) is 5.82. The van der Waals surface area contributed by atoms with Crippen molar-refractivity contribution in [2.75, 3.05) is 18.8 Å². The summed E-state index contributed by atoms with van der Waals surface area (Å²) in [6.07, 6.45) is 3.08. The first-order valence-electron chi connectivity index (χ1n) is 17.0. The molecule has 0 unspecified atom stereocenters. The standard InChI is InChI=1S/C34H44BN7O4.C2H6/c1-32(2,3)44-31(43)38-23-16-19-41(20-17-23)21-22-10-12-24(13-11-22)42-29(25-9-8-18-37-28(25)36)39-26-14-15-27(40-30(26)42)35-45-33(4,5)34(6,7)46-35;1-2/h8-15,18,23H,16-17,19-21H2,1-7H3,(H2,36,37)(H,38,43);1-2H3. The van der Waals surface area contributed by atoms with E-state index in [-0.39, 0.29) is 12.1 Å². The van der Waals surface area contributed by atoms with E-state index in [0.717, 1.165) is 49.2 Å². The molecule has 11 nitrogen and oxygen atoms in total. The molecule has 0 radical (unpaired) electrons. The average Bonchev–Trinajstić information content (AvgIpc) is 3.51. The molecule has 3 aromatic heterocycles. The van der Waals surface area contributed by atoms with Gasteiger partial charge in [-0.25, -0.2) is 19.7 Å². The van der Waals surface area contributed by atoms with Gasteiger partial charge in [0, 0.05) is 37.6 Å². The number of alkyl carbamates (subject to hydrolysis) is 1. The van der Waals surface area contributed by atoms with Gasteiger partial charge in [0.15, 0.2) is 11.5 Å². The van der Waals surface area contributed by atoms with E-state index < -0.39 is 23.9 Å². The van der Waals surface area contributed by atoms with Crippen molar-refractivity contribution in [3.05, 3.63) is 60.3 Å². The molecule has 0 bridgehead atoms. The van der Waals surface area contributed by atoms with Crippen LogP contribution in [0.4, 0.5) is 10.6 Å². The van der Waals surface area contributed by atoms with Crippen LogP contribution in [0.3, 0.4) is 0 Å². The number of hydrogen-bond donors (Lipinski definition) is 2. The van der Waals surface area contributed by atoms with Crippen LogP contribution in [0, 0.1) is 0 Å². The van der Waals surface area contributed by atoms with Crippen LogP contribution in [0.15, 0.2) is 54.7 Å². The predicted octanol–water partition coefficient (Wildman–Crippen LogP) is 5.88. The molecule has 3 N–H and O–H groups in total. The van der Waals surface area contributed by atoms with E-state index in [1.54, 1.807) is 6.20 Å². The Morgan fingerprint density at radius 1 is 1.00 bits per heavy atom. The SMILES string of the molecule is CC.CC(C)(C)OC(=O)NC1CCN(Cc2ccc(-n3c(-c4cccnc4N)nc4ccc(B5OC(C)(C)C(C)(C)O5)nc43)cc2)CC1. The number of aromatic nitrogens is 4. The number of hydrogen-bond acceptors (Lipinski definition) is 9. The van der Waals surface area contributed by atoms with Crippen LogP contribution in [-0.4, -0.2) is 73.6 Å². The summed E-state index contributed by atoms with van der Waals surface area (Å²) in [5.74, 6) is 1.05. The van der Waals surface area contributed by atoms with Crippen molar-refractivity contribution in [3.8, 4) is 17.1 Å². The van der Waals surface area contributed by atoms with Crippen molar-refractivity contribution in [1.82, 2.24) is 29.7 Å². The largest absolute Gasteiger partial charge is 0.514 e. The molecular weight excluding hydrogens is 605 g/mol. The number of amides is 1. The van der Waals surface area contributed by atoms with Gasteiger partial charge in [-0.1, -0.05) is 26.0 Å². The zero-order chi connectivity index (χ0) is 34.9. The van der Waals surface area contributed by atoms with Crippen LogP contribution in [-0.2, 0) is 20.6 Å². The van der Waals surface area contributed by atoms with Gasteiger partial charge >= 0.3 is 13.2 Å². The second-order valence-electron chi connectivity index (χ2n) is 14.2. The van der Waals surface area contributed by atoms with Gasteiger partial charge in [0.1, 0.15) is 16.9 Å². The number of likely N-dealkylation sites (tertiary alicyclic amines) is 1. The second-order valence-corrected chi connectivity index (χ2v) is 14.2. The maximum Gasteiger partial charge on any atom is 0.514 e. The highest BCUT2D eigenvalue weighted by Crippen LogP contribution is 2.37. The predicted molar refractivity (Wildman–Crippen MR) is 191 cm³/mol. The molecule has 2 fully saturated rings. The van der Waals surface area contributed by atoms with E-state index in [0.29, 0.717) is 22.9 Å². The van der Waals surface area contributed by atoms with E-state index in [9.17, 15) is 4.79 Å². The van der Waals surface area contributed by atoms with Gasteiger partial charge in [-0.05, 0) is 103 Å². The first-order chi connectivity index (χ1) is 22.7. The number of benzene rings is 1. The fourth-order valence-electron chi connectivity index (χ4n) is 5.82. The number of fused-ring (bicyclic) bond motifs is 1. The zero-order valence-corrected chi connectivity index (χ0v) is 29.8. The van der Waals surface area contributed by atoms with Crippen LogP contribution < -0.4 is 16.6 Å². The van der Waals surface area contributed by atoms with Crippen LogP contribution in [0.2, 0.25) is 0 Å². The number of ether oxygens (including phenoxy) is 1. The number of anilines is 1. The van der Waals surface area contributed by atoms with Gasteiger partial charge in [-0.15, -0.1) is 0 Å². The summed E-state index contributed by atoms with van der Waals surface area (Å²) in [5, 5.41) is 3.02. The number of carbonyl (C=O) groups is 1. The van der Waals surface area contributed by atoms with Gasteiger partial charge in [0.05, 0.1) is 22.4 Å². The third-order valence-electron chi connectivity index (χ3n) is 9.01. The molecule has 5 heterocycles. The zero-order valence-electron chi connectivity index (χ0n) is 29.8. The monoisotopic (exact) mass is 655 g/mol. The lowest BCUT2D eigenvalue weighted by Crippen LogP contribution is -2.45. The Hall–Kier alpha value is -4.00. The normalized spacial score (nSPS) is 18.0. The van der Waals surface area contributed by atoms with Crippen molar-refractivity contribution in [1.29, 1.82) is 0 Å².